The predicted molar refractivity (Wildman–Crippen MR) is 88.3 cm³/mol. The van der Waals surface area contributed by atoms with Crippen LogP contribution in [-0.4, -0.2) is 5.97 Å². The van der Waals surface area contributed by atoms with Crippen LogP contribution in [0.1, 0.15) is 52.9 Å². The van der Waals surface area contributed by atoms with Gasteiger partial charge >= 0.3 is 5.97 Å². The highest BCUT2D eigenvalue weighted by molar-refractivity contribution is 5.75. The van der Waals surface area contributed by atoms with Crippen molar-refractivity contribution in [2.24, 2.45) is 11.8 Å². The Morgan fingerprint density at radius 2 is 1.86 bits per heavy atom. The fourth-order valence-electron chi connectivity index (χ4n) is 2.08. The van der Waals surface area contributed by atoms with Gasteiger partial charge in [0.1, 0.15) is 5.75 Å². The van der Waals surface area contributed by atoms with Gasteiger partial charge in [0.25, 0.3) is 0 Å². The van der Waals surface area contributed by atoms with E-state index in [-0.39, 0.29) is 17.8 Å². The maximum absolute atomic E-state index is 12.1. The fourth-order valence-corrected chi connectivity index (χ4v) is 2.08. The third-order valence-corrected chi connectivity index (χ3v) is 3.79. The van der Waals surface area contributed by atoms with E-state index in [0.29, 0.717) is 5.75 Å². The summed E-state index contributed by atoms with van der Waals surface area (Å²) >= 11 is 0. The van der Waals surface area contributed by atoms with E-state index in [1.54, 1.807) is 12.1 Å². The second-order valence-electron chi connectivity index (χ2n) is 5.66. The number of para-hydroxylation sites is 1. The summed E-state index contributed by atoms with van der Waals surface area (Å²) in [5, 5.41) is 0. The fraction of sp³-hybridized carbons (Fsp3) is 0.526. The predicted octanol–water partition coefficient (Wildman–Crippen LogP) is 5.39. The first-order valence-electron chi connectivity index (χ1n) is 8.08. The average Bonchev–Trinajstić information content (AvgIpc) is 2.50. The zero-order valence-electron chi connectivity index (χ0n) is 13.5. The zero-order chi connectivity index (χ0) is 15.5. The highest BCUT2D eigenvalue weighted by Crippen LogP contribution is 2.18. The first kappa shape index (κ1) is 17.5. The Kier molecular flexibility index (Phi) is 8.49. The molecule has 0 fully saturated rings. The summed E-state index contributed by atoms with van der Waals surface area (Å²) < 4.78 is 5.38. The van der Waals surface area contributed by atoms with E-state index in [1.165, 1.54) is 25.7 Å². The number of unbranched alkanes of at least 4 members (excludes halogenated alkanes) is 4. The molecule has 0 amide bonds. The highest BCUT2D eigenvalue weighted by Gasteiger charge is 2.20. The van der Waals surface area contributed by atoms with Crippen molar-refractivity contribution in [3.63, 3.8) is 0 Å². The van der Waals surface area contributed by atoms with Gasteiger partial charge in [-0.1, -0.05) is 70.4 Å². The molecule has 0 saturated heterocycles. The van der Waals surface area contributed by atoms with Gasteiger partial charge in [0.05, 0.1) is 5.92 Å². The average molecular weight is 288 g/mol. The number of hydrogen-bond donors (Lipinski definition) is 0. The van der Waals surface area contributed by atoms with Crippen molar-refractivity contribution in [2.75, 3.05) is 0 Å². The molecular formula is C19H28O2. The summed E-state index contributed by atoms with van der Waals surface area (Å²) in [6, 6.07) is 9.25. The van der Waals surface area contributed by atoms with Crippen LogP contribution >= 0.6 is 0 Å². The molecule has 0 saturated carbocycles. The maximum atomic E-state index is 12.1. The standard InChI is InChI=1S/C19H28O2/c1-4-5-6-7-8-10-13-16(2)17(3)19(20)21-18-14-11-9-12-15-18/h9-17H,4-8H2,1-3H3/b13-10-. The summed E-state index contributed by atoms with van der Waals surface area (Å²) in [5.74, 6) is 0.527. The lowest BCUT2D eigenvalue weighted by Crippen LogP contribution is -2.22. The van der Waals surface area contributed by atoms with E-state index in [4.69, 9.17) is 4.74 Å². The molecule has 2 nitrogen and oxygen atoms in total. The Balaban J connectivity index is 2.34. The van der Waals surface area contributed by atoms with E-state index in [2.05, 4.69) is 26.0 Å². The number of carbonyl (C=O) groups excluding carboxylic acids is 1. The topological polar surface area (TPSA) is 26.3 Å². The van der Waals surface area contributed by atoms with Gasteiger partial charge < -0.3 is 4.74 Å². The van der Waals surface area contributed by atoms with Gasteiger partial charge in [-0.25, -0.2) is 0 Å². The zero-order valence-corrected chi connectivity index (χ0v) is 13.5. The van der Waals surface area contributed by atoms with Crippen LogP contribution in [0.25, 0.3) is 0 Å². The minimum absolute atomic E-state index is 0.128. The first-order valence-corrected chi connectivity index (χ1v) is 8.08. The van der Waals surface area contributed by atoms with Crippen molar-refractivity contribution < 1.29 is 9.53 Å². The van der Waals surface area contributed by atoms with E-state index in [0.717, 1.165) is 6.42 Å². The number of allylic oxidation sites excluding steroid dienone is 2. The van der Waals surface area contributed by atoms with Crippen molar-refractivity contribution in [1.29, 1.82) is 0 Å². The molecule has 2 atom stereocenters. The number of hydrogen-bond acceptors (Lipinski definition) is 2. The lowest BCUT2D eigenvalue weighted by atomic mass is 9.95. The molecular weight excluding hydrogens is 260 g/mol. The molecule has 2 heteroatoms. The van der Waals surface area contributed by atoms with E-state index in [1.807, 2.05) is 25.1 Å². The molecule has 2 unspecified atom stereocenters. The monoisotopic (exact) mass is 288 g/mol. The number of esters is 1. The van der Waals surface area contributed by atoms with Crippen LogP contribution in [0.2, 0.25) is 0 Å². The Bertz CT molecular complexity index is 422. The Morgan fingerprint density at radius 1 is 1.14 bits per heavy atom. The van der Waals surface area contributed by atoms with Gasteiger partial charge in [0.15, 0.2) is 0 Å². The van der Waals surface area contributed by atoms with E-state index >= 15 is 0 Å². The van der Waals surface area contributed by atoms with Crippen molar-refractivity contribution in [3.05, 3.63) is 42.5 Å². The maximum Gasteiger partial charge on any atom is 0.314 e. The van der Waals surface area contributed by atoms with Gasteiger partial charge in [-0.3, -0.25) is 4.79 Å². The minimum atomic E-state index is -0.163. The van der Waals surface area contributed by atoms with Crippen LogP contribution in [0.3, 0.4) is 0 Å². The molecule has 0 aliphatic rings. The molecule has 21 heavy (non-hydrogen) atoms. The van der Waals surface area contributed by atoms with Crippen molar-refractivity contribution in [3.8, 4) is 5.75 Å². The molecule has 0 spiro atoms. The van der Waals surface area contributed by atoms with Crippen LogP contribution < -0.4 is 4.74 Å². The lowest BCUT2D eigenvalue weighted by molar-refractivity contribution is -0.139. The van der Waals surface area contributed by atoms with Crippen molar-refractivity contribution in [1.82, 2.24) is 0 Å². The van der Waals surface area contributed by atoms with E-state index in [9.17, 15) is 4.79 Å². The van der Waals surface area contributed by atoms with Gasteiger partial charge in [-0.15, -0.1) is 0 Å². The third-order valence-electron chi connectivity index (χ3n) is 3.79. The second kappa shape index (κ2) is 10.2. The summed E-state index contributed by atoms with van der Waals surface area (Å²) in [4.78, 5) is 12.1. The summed E-state index contributed by atoms with van der Waals surface area (Å²) in [5.41, 5.74) is 0. The molecule has 1 aromatic carbocycles. The van der Waals surface area contributed by atoms with Gasteiger partial charge in [-0.05, 0) is 30.9 Å². The van der Waals surface area contributed by atoms with Crippen LogP contribution in [0, 0.1) is 11.8 Å². The molecule has 0 bridgehead atoms. The van der Waals surface area contributed by atoms with Gasteiger partial charge in [0.2, 0.25) is 0 Å². The van der Waals surface area contributed by atoms with Gasteiger partial charge in [0, 0.05) is 0 Å². The van der Waals surface area contributed by atoms with Gasteiger partial charge in [-0.2, -0.15) is 0 Å². The van der Waals surface area contributed by atoms with Crippen LogP contribution in [0.4, 0.5) is 0 Å². The molecule has 1 rings (SSSR count). The smallest absolute Gasteiger partial charge is 0.314 e. The number of benzene rings is 1. The Labute approximate surface area is 129 Å². The largest absolute Gasteiger partial charge is 0.426 e. The molecule has 116 valence electrons. The molecule has 1 aromatic rings. The Morgan fingerprint density at radius 3 is 2.52 bits per heavy atom. The van der Waals surface area contributed by atoms with Crippen molar-refractivity contribution in [2.45, 2.75) is 52.9 Å². The first-order chi connectivity index (χ1) is 10.1. The van der Waals surface area contributed by atoms with E-state index < -0.39 is 0 Å². The Hall–Kier alpha value is -1.57. The van der Waals surface area contributed by atoms with Crippen molar-refractivity contribution >= 4 is 5.97 Å². The quantitative estimate of drug-likeness (QED) is 0.263. The number of carbonyl (C=O) groups is 1. The minimum Gasteiger partial charge on any atom is -0.426 e. The molecule has 0 N–H and O–H groups in total. The molecule has 0 heterocycles. The number of rotatable bonds is 9. The summed E-state index contributed by atoms with van der Waals surface area (Å²) in [6.07, 6.45) is 10.5. The SMILES string of the molecule is CCCCCC/C=C\C(C)C(C)C(=O)Oc1ccccc1. The number of ether oxygens (including phenoxy) is 1. The molecule has 0 aliphatic carbocycles. The highest BCUT2D eigenvalue weighted by atomic mass is 16.5. The third kappa shape index (κ3) is 7.12. The molecule has 0 aliphatic heterocycles. The normalized spacial score (nSPS) is 14.0. The molecule has 0 radical (unpaired) electrons. The van der Waals surface area contributed by atoms with Crippen LogP contribution in [0.15, 0.2) is 42.5 Å². The van der Waals surface area contributed by atoms with Crippen LogP contribution in [0.5, 0.6) is 5.75 Å². The van der Waals surface area contributed by atoms with Crippen LogP contribution in [-0.2, 0) is 4.79 Å². The lowest BCUT2D eigenvalue weighted by Gasteiger charge is -2.15. The summed E-state index contributed by atoms with van der Waals surface area (Å²) in [7, 11) is 0. The summed E-state index contributed by atoms with van der Waals surface area (Å²) in [6.45, 7) is 6.22. The second-order valence-corrected chi connectivity index (χ2v) is 5.66. The molecule has 0 aromatic heterocycles.